The van der Waals surface area contributed by atoms with Crippen LogP contribution < -0.4 is 10.2 Å². The first kappa shape index (κ1) is 12.8. The minimum absolute atomic E-state index is 0.0229. The summed E-state index contributed by atoms with van der Waals surface area (Å²) in [4.78, 5) is 19.2. The number of nitrogens with one attached hydrogen (secondary N) is 1. The van der Waals surface area contributed by atoms with E-state index >= 15 is 0 Å². The smallest absolute Gasteiger partial charge is 0.244 e. The van der Waals surface area contributed by atoms with Gasteiger partial charge in [-0.2, -0.15) is 0 Å². The fourth-order valence-corrected chi connectivity index (χ4v) is 3.11. The summed E-state index contributed by atoms with van der Waals surface area (Å²) in [5, 5.41) is 4.56. The van der Waals surface area contributed by atoms with E-state index in [1.807, 2.05) is 35.2 Å². The molecular weight excluding hydrogens is 262 g/mol. The summed E-state index contributed by atoms with van der Waals surface area (Å²) >= 11 is 0. The number of piperidine rings is 1. The monoisotopic (exact) mass is 281 g/mol. The number of benzene rings is 1. The molecule has 2 aromatic rings. The lowest BCUT2D eigenvalue weighted by atomic mass is 10.0. The van der Waals surface area contributed by atoms with E-state index in [0.717, 1.165) is 36.0 Å². The Morgan fingerprint density at radius 1 is 1.14 bits per heavy atom. The number of hydrogen-bond donors (Lipinski definition) is 1. The van der Waals surface area contributed by atoms with Crippen LogP contribution in [-0.2, 0) is 4.79 Å². The van der Waals surface area contributed by atoms with E-state index in [0.29, 0.717) is 6.04 Å². The normalized spacial score (nSPS) is 22.8. The van der Waals surface area contributed by atoms with Crippen molar-refractivity contribution in [1.82, 2.24) is 10.3 Å². The molecule has 1 unspecified atom stereocenters. The van der Waals surface area contributed by atoms with Crippen molar-refractivity contribution in [2.75, 3.05) is 11.4 Å². The van der Waals surface area contributed by atoms with Gasteiger partial charge in [0.1, 0.15) is 0 Å². The van der Waals surface area contributed by atoms with Crippen molar-refractivity contribution in [3.63, 3.8) is 0 Å². The lowest BCUT2D eigenvalue weighted by Crippen LogP contribution is -2.51. The third kappa shape index (κ3) is 2.40. The molecule has 1 saturated heterocycles. The number of nitrogens with zero attached hydrogens (tertiary/aromatic N) is 2. The van der Waals surface area contributed by atoms with Gasteiger partial charge in [-0.15, -0.1) is 0 Å². The second kappa shape index (κ2) is 5.11. The van der Waals surface area contributed by atoms with Crippen molar-refractivity contribution in [3.8, 4) is 0 Å². The predicted octanol–water partition coefficient (Wildman–Crippen LogP) is 2.48. The molecule has 1 aliphatic carbocycles. The topological polar surface area (TPSA) is 45.2 Å². The minimum Gasteiger partial charge on any atom is -0.309 e. The summed E-state index contributed by atoms with van der Waals surface area (Å²) < 4.78 is 0. The maximum Gasteiger partial charge on any atom is 0.244 e. The Labute approximate surface area is 124 Å². The summed E-state index contributed by atoms with van der Waals surface area (Å²) in [6.07, 6.45) is 6.20. The van der Waals surface area contributed by atoms with Crippen LogP contribution in [-0.4, -0.2) is 29.5 Å². The van der Waals surface area contributed by atoms with Crippen LogP contribution in [0, 0.1) is 0 Å². The van der Waals surface area contributed by atoms with Gasteiger partial charge in [-0.25, -0.2) is 0 Å². The second-order valence-electron chi connectivity index (χ2n) is 5.98. The molecule has 108 valence electrons. The number of rotatable bonds is 3. The molecular formula is C17H19N3O. The van der Waals surface area contributed by atoms with Gasteiger partial charge in [-0.05, 0) is 37.8 Å². The second-order valence-corrected chi connectivity index (χ2v) is 5.98. The molecule has 1 aromatic heterocycles. The molecule has 1 saturated carbocycles. The fraction of sp³-hybridized carbons (Fsp3) is 0.412. The van der Waals surface area contributed by atoms with Crippen molar-refractivity contribution in [3.05, 3.63) is 36.5 Å². The summed E-state index contributed by atoms with van der Waals surface area (Å²) in [5.74, 6) is 0.200. The highest BCUT2D eigenvalue weighted by Crippen LogP contribution is 2.29. The number of aromatic nitrogens is 1. The maximum absolute atomic E-state index is 12.8. The molecule has 1 aromatic carbocycles. The highest BCUT2D eigenvalue weighted by Gasteiger charge is 2.34. The number of pyridine rings is 1. The lowest BCUT2D eigenvalue weighted by molar-refractivity contribution is -0.121. The number of para-hydroxylation sites is 1. The van der Waals surface area contributed by atoms with Crippen LogP contribution >= 0.6 is 0 Å². The minimum atomic E-state index is -0.0229. The van der Waals surface area contributed by atoms with Crippen LogP contribution in [0.2, 0.25) is 0 Å². The Kier molecular flexibility index (Phi) is 3.11. The summed E-state index contributed by atoms with van der Waals surface area (Å²) in [5.41, 5.74) is 1.86. The summed E-state index contributed by atoms with van der Waals surface area (Å²) in [7, 11) is 0. The van der Waals surface area contributed by atoms with Crippen LogP contribution in [0.5, 0.6) is 0 Å². The van der Waals surface area contributed by atoms with Crippen molar-refractivity contribution in [2.24, 2.45) is 0 Å². The Morgan fingerprint density at radius 2 is 2.00 bits per heavy atom. The number of carbonyl (C=O) groups is 1. The van der Waals surface area contributed by atoms with Gasteiger partial charge in [0.2, 0.25) is 5.91 Å². The van der Waals surface area contributed by atoms with E-state index in [1.54, 1.807) is 6.20 Å². The van der Waals surface area contributed by atoms with Gasteiger partial charge >= 0.3 is 0 Å². The molecule has 2 heterocycles. The largest absolute Gasteiger partial charge is 0.309 e. The van der Waals surface area contributed by atoms with Crippen LogP contribution in [0.4, 0.5) is 5.69 Å². The molecule has 4 rings (SSSR count). The van der Waals surface area contributed by atoms with Crippen molar-refractivity contribution < 1.29 is 4.79 Å². The average Bonchev–Trinajstić information content (AvgIpc) is 3.33. The zero-order valence-corrected chi connectivity index (χ0v) is 12.0. The lowest BCUT2D eigenvalue weighted by Gasteiger charge is -2.33. The van der Waals surface area contributed by atoms with E-state index in [9.17, 15) is 4.79 Å². The molecule has 2 aliphatic rings. The molecule has 2 fully saturated rings. The Morgan fingerprint density at radius 3 is 2.86 bits per heavy atom. The Hall–Kier alpha value is -1.94. The number of fused-ring (bicyclic) bond motifs is 1. The van der Waals surface area contributed by atoms with Crippen LogP contribution in [0.15, 0.2) is 36.5 Å². The molecule has 1 amide bonds. The molecule has 1 aliphatic heterocycles. The average molecular weight is 281 g/mol. The molecule has 1 atom stereocenters. The molecule has 4 heteroatoms. The summed E-state index contributed by atoms with van der Waals surface area (Å²) in [6.45, 7) is 0.789. The van der Waals surface area contributed by atoms with Gasteiger partial charge in [0.15, 0.2) is 0 Å². The van der Waals surface area contributed by atoms with Crippen LogP contribution in [0.3, 0.4) is 0 Å². The van der Waals surface area contributed by atoms with Gasteiger partial charge in [0.05, 0.1) is 17.2 Å². The molecule has 1 N–H and O–H groups in total. The van der Waals surface area contributed by atoms with Gasteiger partial charge in [-0.3, -0.25) is 9.78 Å². The van der Waals surface area contributed by atoms with E-state index < -0.39 is 0 Å². The number of carbonyl (C=O) groups excluding carboxylic acids is 1. The number of hydrogen-bond acceptors (Lipinski definition) is 3. The first-order valence-electron chi connectivity index (χ1n) is 7.74. The van der Waals surface area contributed by atoms with Crippen molar-refractivity contribution in [1.29, 1.82) is 0 Å². The standard InChI is InChI=1S/C17H19N3O/c21-17-14(19-13-8-9-13)6-3-11-20(17)15-7-1-4-12-5-2-10-18-16(12)15/h1-2,4-5,7,10,13-14,19H,3,6,8-9,11H2. The summed E-state index contributed by atoms with van der Waals surface area (Å²) in [6, 6.07) is 10.6. The van der Waals surface area contributed by atoms with Crippen LogP contribution in [0.25, 0.3) is 10.9 Å². The number of anilines is 1. The zero-order valence-electron chi connectivity index (χ0n) is 12.0. The molecule has 21 heavy (non-hydrogen) atoms. The Bertz CT molecular complexity index is 675. The quantitative estimate of drug-likeness (QED) is 0.940. The first-order chi connectivity index (χ1) is 10.3. The van der Waals surface area contributed by atoms with Crippen molar-refractivity contribution in [2.45, 2.75) is 37.8 Å². The van der Waals surface area contributed by atoms with E-state index in [1.165, 1.54) is 12.8 Å². The van der Waals surface area contributed by atoms with Crippen LogP contribution in [0.1, 0.15) is 25.7 Å². The Balaban J connectivity index is 1.68. The van der Waals surface area contributed by atoms with Gasteiger partial charge in [0.25, 0.3) is 0 Å². The third-order valence-corrected chi connectivity index (χ3v) is 4.36. The molecule has 4 nitrogen and oxygen atoms in total. The highest BCUT2D eigenvalue weighted by molar-refractivity contribution is 6.04. The zero-order chi connectivity index (χ0) is 14.2. The molecule has 0 spiro atoms. The molecule has 0 bridgehead atoms. The molecule has 0 radical (unpaired) electrons. The van der Waals surface area contributed by atoms with Gasteiger partial charge < -0.3 is 10.2 Å². The van der Waals surface area contributed by atoms with Crippen molar-refractivity contribution >= 4 is 22.5 Å². The van der Waals surface area contributed by atoms with E-state index in [4.69, 9.17) is 0 Å². The van der Waals surface area contributed by atoms with E-state index in [2.05, 4.69) is 10.3 Å². The fourth-order valence-electron chi connectivity index (χ4n) is 3.11. The first-order valence-corrected chi connectivity index (χ1v) is 7.74. The SMILES string of the molecule is O=C1C(NC2CC2)CCCN1c1cccc2cccnc12. The predicted molar refractivity (Wildman–Crippen MR) is 83.3 cm³/mol. The maximum atomic E-state index is 12.8. The van der Waals surface area contributed by atoms with Gasteiger partial charge in [0, 0.05) is 24.2 Å². The highest BCUT2D eigenvalue weighted by atomic mass is 16.2. The number of amides is 1. The third-order valence-electron chi connectivity index (χ3n) is 4.36. The van der Waals surface area contributed by atoms with Gasteiger partial charge in [-0.1, -0.05) is 18.2 Å². The van der Waals surface area contributed by atoms with E-state index in [-0.39, 0.29) is 11.9 Å².